The second-order valence-electron chi connectivity index (χ2n) is 5.20. The summed E-state index contributed by atoms with van der Waals surface area (Å²) in [4.78, 5) is 29.4. The van der Waals surface area contributed by atoms with E-state index in [0.717, 1.165) is 0 Å². The van der Waals surface area contributed by atoms with Crippen LogP contribution in [0.25, 0.3) is 10.9 Å². The molecule has 0 radical (unpaired) electrons. The van der Waals surface area contributed by atoms with Gasteiger partial charge in [-0.2, -0.15) is 0 Å². The molecule has 0 unspecified atom stereocenters. The van der Waals surface area contributed by atoms with Gasteiger partial charge in [-0.15, -0.1) is 0 Å². The molecule has 3 aromatic rings. The van der Waals surface area contributed by atoms with Crippen LogP contribution in [0.5, 0.6) is 0 Å². The summed E-state index contributed by atoms with van der Waals surface area (Å²) in [6.07, 6.45) is 0.582. The van der Waals surface area contributed by atoms with E-state index in [1.165, 1.54) is 4.57 Å². The number of hydrogen-bond acceptors (Lipinski definition) is 3. The third-order valence-electron chi connectivity index (χ3n) is 3.62. The molecular weight excluding hydrogens is 290 g/mol. The molecule has 0 saturated heterocycles. The van der Waals surface area contributed by atoms with E-state index in [1.54, 1.807) is 24.3 Å². The zero-order valence-electron chi connectivity index (χ0n) is 12.8. The lowest BCUT2D eigenvalue weighted by atomic mass is 10.2. The molecule has 0 aliphatic carbocycles. The molecule has 1 aromatic heterocycles. The minimum Gasteiger partial charge on any atom is -0.325 e. The molecule has 0 bridgehead atoms. The molecule has 0 fully saturated rings. The molecule has 5 nitrogen and oxygen atoms in total. The van der Waals surface area contributed by atoms with Crippen LogP contribution in [0.3, 0.4) is 0 Å². The first-order valence-corrected chi connectivity index (χ1v) is 7.52. The van der Waals surface area contributed by atoms with Crippen LogP contribution in [0, 0.1) is 0 Å². The Morgan fingerprint density at radius 1 is 1.09 bits per heavy atom. The first-order chi connectivity index (χ1) is 11.2. The van der Waals surface area contributed by atoms with Gasteiger partial charge >= 0.3 is 0 Å². The van der Waals surface area contributed by atoms with Crippen molar-refractivity contribution in [2.75, 3.05) is 5.32 Å². The van der Waals surface area contributed by atoms with Crippen LogP contribution >= 0.6 is 0 Å². The molecule has 0 aliphatic rings. The largest absolute Gasteiger partial charge is 0.325 e. The zero-order valence-corrected chi connectivity index (χ0v) is 12.8. The van der Waals surface area contributed by atoms with Crippen molar-refractivity contribution in [3.8, 4) is 0 Å². The average Bonchev–Trinajstić information content (AvgIpc) is 2.58. The molecule has 2 aromatic carbocycles. The van der Waals surface area contributed by atoms with Gasteiger partial charge in [0.05, 0.1) is 10.9 Å². The smallest absolute Gasteiger partial charge is 0.261 e. The van der Waals surface area contributed by atoms with Crippen molar-refractivity contribution in [3.05, 3.63) is 70.8 Å². The molecule has 1 heterocycles. The van der Waals surface area contributed by atoms with Crippen LogP contribution in [0.2, 0.25) is 0 Å². The van der Waals surface area contributed by atoms with Crippen molar-refractivity contribution < 1.29 is 4.79 Å². The molecule has 116 valence electrons. The Hall–Kier alpha value is -2.95. The van der Waals surface area contributed by atoms with Crippen molar-refractivity contribution in [2.24, 2.45) is 0 Å². The Labute approximate surface area is 133 Å². The zero-order chi connectivity index (χ0) is 16.2. The number of hydrogen-bond donors (Lipinski definition) is 1. The Morgan fingerprint density at radius 3 is 2.52 bits per heavy atom. The minimum absolute atomic E-state index is 0.0469. The molecular formula is C18H17N3O2. The van der Waals surface area contributed by atoms with E-state index in [4.69, 9.17) is 0 Å². The van der Waals surface area contributed by atoms with E-state index in [9.17, 15) is 9.59 Å². The lowest BCUT2D eigenvalue weighted by Gasteiger charge is -2.12. The van der Waals surface area contributed by atoms with E-state index < -0.39 is 0 Å². The average molecular weight is 307 g/mol. The monoisotopic (exact) mass is 307 g/mol. The quantitative estimate of drug-likeness (QED) is 0.806. The van der Waals surface area contributed by atoms with Crippen molar-refractivity contribution >= 4 is 22.5 Å². The van der Waals surface area contributed by atoms with Crippen LogP contribution in [-0.2, 0) is 17.8 Å². The number of nitrogens with one attached hydrogen (secondary N) is 1. The SMILES string of the molecule is CCc1nc2ccccc2c(=O)n1CC(=O)Nc1ccccc1. The minimum atomic E-state index is -0.245. The summed E-state index contributed by atoms with van der Waals surface area (Å²) < 4.78 is 1.45. The fraction of sp³-hybridized carbons (Fsp3) is 0.167. The number of fused-ring (bicyclic) bond motifs is 1. The summed E-state index contributed by atoms with van der Waals surface area (Å²) >= 11 is 0. The van der Waals surface area contributed by atoms with E-state index in [2.05, 4.69) is 10.3 Å². The maximum atomic E-state index is 12.6. The van der Waals surface area contributed by atoms with E-state index >= 15 is 0 Å². The van der Waals surface area contributed by atoms with E-state index in [-0.39, 0.29) is 18.0 Å². The number of para-hydroxylation sites is 2. The van der Waals surface area contributed by atoms with Gasteiger partial charge in [-0.1, -0.05) is 37.3 Å². The van der Waals surface area contributed by atoms with Gasteiger partial charge < -0.3 is 5.32 Å². The number of amides is 1. The summed E-state index contributed by atoms with van der Waals surface area (Å²) in [6.45, 7) is 1.87. The topological polar surface area (TPSA) is 64.0 Å². The number of benzene rings is 2. The van der Waals surface area contributed by atoms with Crippen LogP contribution in [0.1, 0.15) is 12.7 Å². The van der Waals surface area contributed by atoms with Gasteiger partial charge in [0.25, 0.3) is 5.56 Å². The van der Waals surface area contributed by atoms with E-state index in [1.807, 2.05) is 37.3 Å². The predicted molar refractivity (Wildman–Crippen MR) is 90.5 cm³/mol. The summed E-state index contributed by atoms with van der Waals surface area (Å²) in [5, 5.41) is 3.32. The van der Waals surface area contributed by atoms with E-state index in [0.29, 0.717) is 28.8 Å². The van der Waals surface area contributed by atoms with Gasteiger partial charge in [-0.05, 0) is 24.3 Å². The van der Waals surface area contributed by atoms with Crippen molar-refractivity contribution in [1.29, 1.82) is 0 Å². The van der Waals surface area contributed by atoms with Crippen molar-refractivity contribution in [1.82, 2.24) is 9.55 Å². The third-order valence-corrected chi connectivity index (χ3v) is 3.62. The summed E-state index contributed by atoms with van der Waals surface area (Å²) in [7, 11) is 0. The fourth-order valence-corrected chi connectivity index (χ4v) is 2.51. The molecule has 0 spiro atoms. The molecule has 1 amide bonds. The molecule has 0 atom stereocenters. The molecule has 3 rings (SSSR count). The summed E-state index contributed by atoms with van der Waals surface area (Å²) in [5.41, 5.74) is 1.18. The number of rotatable bonds is 4. The van der Waals surface area contributed by atoms with Crippen LogP contribution in [-0.4, -0.2) is 15.5 Å². The number of carbonyl (C=O) groups excluding carboxylic acids is 1. The Bertz CT molecular complexity index is 901. The maximum Gasteiger partial charge on any atom is 0.261 e. The standard InChI is InChI=1S/C18H17N3O2/c1-2-16-20-15-11-7-6-10-14(15)18(23)21(16)12-17(22)19-13-8-4-3-5-9-13/h3-11H,2,12H2,1H3,(H,19,22). The Balaban J connectivity index is 1.94. The van der Waals surface area contributed by atoms with Gasteiger partial charge in [0.2, 0.25) is 5.91 Å². The number of aromatic nitrogens is 2. The summed E-state index contributed by atoms with van der Waals surface area (Å²) in [5.74, 6) is 0.363. The van der Waals surface area contributed by atoms with Gasteiger partial charge in [-0.3, -0.25) is 14.2 Å². The highest BCUT2D eigenvalue weighted by Crippen LogP contribution is 2.09. The number of anilines is 1. The molecule has 23 heavy (non-hydrogen) atoms. The van der Waals surface area contributed by atoms with Gasteiger partial charge in [-0.25, -0.2) is 4.98 Å². The number of aryl methyl sites for hydroxylation is 1. The second kappa shape index (κ2) is 6.44. The Kier molecular flexibility index (Phi) is 4.19. The lowest BCUT2D eigenvalue weighted by molar-refractivity contribution is -0.116. The third kappa shape index (κ3) is 3.13. The highest BCUT2D eigenvalue weighted by molar-refractivity contribution is 5.90. The maximum absolute atomic E-state index is 12.6. The van der Waals surface area contributed by atoms with Gasteiger partial charge in [0, 0.05) is 12.1 Å². The number of nitrogens with zero attached hydrogens (tertiary/aromatic N) is 2. The Morgan fingerprint density at radius 2 is 1.78 bits per heavy atom. The second-order valence-corrected chi connectivity index (χ2v) is 5.20. The molecule has 1 N–H and O–H groups in total. The first kappa shape index (κ1) is 15.0. The normalized spacial score (nSPS) is 10.7. The van der Waals surface area contributed by atoms with Crippen molar-refractivity contribution in [3.63, 3.8) is 0 Å². The highest BCUT2D eigenvalue weighted by atomic mass is 16.2. The fourth-order valence-electron chi connectivity index (χ4n) is 2.51. The van der Waals surface area contributed by atoms with Crippen LogP contribution < -0.4 is 10.9 Å². The molecule has 0 saturated carbocycles. The van der Waals surface area contributed by atoms with Gasteiger partial charge in [0.1, 0.15) is 12.4 Å². The predicted octanol–water partition coefficient (Wildman–Crippen LogP) is 2.60. The first-order valence-electron chi connectivity index (χ1n) is 7.52. The highest BCUT2D eigenvalue weighted by Gasteiger charge is 2.12. The molecule has 0 aliphatic heterocycles. The summed E-state index contributed by atoms with van der Waals surface area (Å²) in [6, 6.07) is 16.4. The van der Waals surface area contributed by atoms with Crippen molar-refractivity contribution in [2.45, 2.75) is 19.9 Å². The lowest BCUT2D eigenvalue weighted by Crippen LogP contribution is -2.31. The van der Waals surface area contributed by atoms with Crippen LogP contribution in [0.15, 0.2) is 59.4 Å². The van der Waals surface area contributed by atoms with Crippen LogP contribution in [0.4, 0.5) is 5.69 Å². The number of carbonyl (C=O) groups is 1. The van der Waals surface area contributed by atoms with Gasteiger partial charge in [0.15, 0.2) is 0 Å². The molecule has 5 heteroatoms.